The minimum absolute atomic E-state index is 0.356. The first kappa shape index (κ1) is 12.1. The zero-order chi connectivity index (χ0) is 11.6. The van der Waals surface area contributed by atoms with Gasteiger partial charge in [-0.25, -0.2) is 0 Å². The molecule has 1 aliphatic heterocycles. The Morgan fingerprint density at radius 1 is 1.44 bits per heavy atom. The van der Waals surface area contributed by atoms with Crippen molar-refractivity contribution in [1.29, 1.82) is 0 Å². The highest BCUT2D eigenvalue weighted by molar-refractivity contribution is 7.07. The second-order valence-corrected chi connectivity index (χ2v) is 6.77. The molecule has 0 aromatic carbocycles. The van der Waals surface area contributed by atoms with Gasteiger partial charge in [-0.2, -0.15) is 11.3 Å². The smallest absolute Gasteiger partial charge is 0.0233 e. The van der Waals surface area contributed by atoms with Crippen LogP contribution >= 0.6 is 11.3 Å². The van der Waals surface area contributed by atoms with Crippen molar-refractivity contribution in [3.05, 3.63) is 22.4 Å². The average molecular weight is 237 g/mol. The highest BCUT2D eigenvalue weighted by Gasteiger charge is 2.43. The minimum Gasteiger partial charge on any atom is -0.311 e. The van der Waals surface area contributed by atoms with E-state index >= 15 is 0 Å². The Morgan fingerprint density at radius 3 is 2.75 bits per heavy atom. The number of hydrogen-bond donors (Lipinski definition) is 1. The van der Waals surface area contributed by atoms with E-state index in [0.717, 1.165) is 0 Å². The van der Waals surface area contributed by atoms with Crippen molar-refractivity contribution in [3.8, 4) is 0 Å². The van der Waals surface area contributed by atoms with E-state index in [2.05, 4.69) is 42.9 Å². The highest BCUT2D eigenvalue weighted by Crippen LogP contribution is 2.40. The Hall–Kier alpha value is -0.340. The predicted molar refractivity (Wildman–Crippen MR) is 72.1 cm³/mol. The van der Waals surface area contributed by atoms with Gasteiger partial charge >= 0.3 is 0 Å². The largest absolute Gasteiger partial charge is 0.311 e. The number of nitrogens with one attached hydrogen (secondary N) is 1. The molecule has 1 nitrogen and oxygen atoms in total. The van der Waals surface area contributed by atoms with Crippen LogP contribution in [0.5, 0.6) is 0 Å². The van der Waals surface area contributed by atoms with Gasteiger partial charge in [-0.3, -0.25) is 0 Å². The first-order valence-corrected chi connectivity index (χ1v) is 7.24. The van der Waals surface area contributed by atoms with Gasteiger partial charge in [0.25, 0.3) is 0 Å². The van der Waals surface area contributed by atoms with E-state index in [1.165, 1.54) is 37.8 Å². The minimum atomic E-state index is 0.356. The van der Waals surface area contributed by atoms with Crippen molar-refractivity contribution < 1.29 is 0 Å². The molecule has 0 bridgehead atoms. The van der Waals surface area contributed by atoms with Crippen LogP contribution in [0.1, 0.15) is 45.6 Å². The Balaban J connectivity index is 2.04. The van der Waals surface area contributed by atoms with Gasteiger partial charge in [-0.15, -0.1) is 0 Å². The molecular weight excluding hydrogens is 214 g/mol. The summed E-state index contributed by atoms with van der Waals surface area (Å²) in [5.74, 6) is 0. The predicted octanol–water partition coefficient (Wildman–Crippen LogP) is 3.85. The molecule has 0 radical (unpaired) electrons. The van der Waals surface area contributed by atoms with E-state index in [1.54, 1.807) is 0 Å². The molecule has 1 atom stereocenters. The average Bonchev–Trinajstić information content (AvgIpc) is 2.86. The van der Waals surface area contributed by atoms with Crippen LogP contribution in [0.25, 0.3) is 0 Å². The van der Waals surface area contributed by atoms with Gasteiger partial charge in [-0.1, -0.05) is 20.8 Å². The molecule has 0 saturated carbocycles. The second kappa shape index (κ2) is 4.50. The lowest BCUT2D eigenvalue weighted by Gasteiger charge is -2.42. The molecule has 0 amide bonds. The lowest BCUT2D eigenvalue weighted by molar-refractivity contribution is 0.148. The fourth-order valence-electron chi connectivity index (χ4n) is 2.83. The van der Waals surface area contributed by atoms with Crippen LogP contribution in [0, 0.1) is 5.41 Å². The van der Waals surface area contributed by atoms with E-state index in [-0.39, 0.29) is 0 Å². The van der Waals surface area contributed by atoms with E-state index < -0.39 is 0 Å². The summed E-state index contributed by atoms with van der Waals surface area (Å²) in [6.45, 7) is 8.32. The normalized spacial score (nSPS) is 26.2. The third-order valence-electron chi connectivity index (χ3n) is 4.10. The molecule has 1 unspecified atom stereocenters. The Bertz CT molecular complexity index is 315. The Labute approximate surface area is 103 Å². The third kappa shape index (κ3) is 2.33. The number of hydrogen-bond acceptors (Lipinski definition) is 2. The number of thiophene rings is 1. The van der Waals surface area contributed by atoms with Crippen LogP contribution in [-0.2, 0) is 6.42 Å². The van der Waals surface area contributed by atoms with Crippen LogP contribution in [0.2, 0.25) is 0 Å². The molecule has 2 heteroatoms. The van der Waals surface area contributed by atoms with Crippen LogP contribution < -0.4 is 5.32 Å². The monoisotopic (exact) mass is 237 g/mol. The molecule has 1 aromatic rings. The molecule has 1 fully saturated rings. The zero-order valence-corrected chi connectivity index (χ0v) is 11.5. The van der Waals surface area contributed by atoms with Gasteiger partial charge in [0.05, 0.1) is 0 Å². The summed E-state index contributed by atoms with van der Waals surface area (Å²) in [5.41, 5.74) is 2.22. The van der Waals surface area contributed by atoms with Crippen molar-refractivity contribution in [3.63, 3.8) is 0 Å². The third-order valence-corrected chi connectivity index (χ3v) is 4.83. The van der Waals surface area contributed by atoms with Gasteiger partial charge in [0, 0.05) is 5.54 Å². The maximum atomic E-state index is 3.78. The molecule has 90 valence electrons. The van der Waals surface area contributed by atoms with E-state index in [4.69, 9.17) is 0 Å². The SMILES string of the molecule is CC(C)(C)C1(CCc2ccsc2)CCCN1. The maximum Gasteiger partial charge on any atom is 0.0233 e. The van der Waals surface area contributed by atoms with E-state index in [9.17, 15) is 0 Å². The lowest BCUT2D eigenvalue weighted by atomic mass is 9.70. The molecule has 1 saturated heterocycles. The molecular formula is C14H23NS. The van der Waals surface area contributed by atoms with Crippen LogP contribution in [0.3, 0.4) is 0 Å². The van der Waals surface area contributed by atoms with Crippen molar-refractivity contribution in [2.45, 2.75) is 52.0 Å². The van der Waals surface area contributed by atoms with Crippen molar-refractivity contribution >= 4 is 11.3 Å². The molecule has 0 aliphatic carbocycles. The standard InChI is InChI=1S/C14H23NS/c1-13(2,3)14(7-4-9-15-14)8-5-12-6-10-16-11-12/h6,10-11,15H,4-5,7-9H2,1-3H3. The summed E-state index contributed by atoms with van der Waals surface area (Å²) >= 11 is 1.81. The first-order valence-electron chi connectivity index (χ1n) is 6.30. The van der Waals surface area contributed by atoms with Gasteiger partial charge in [0.1, 0.15) is 0 Å². The summed E-state index contributed by atoms with van der Waals surface area (Å²) in [7, 11) is 0. The van der Waals surface area contributed by atoms with Crippen LogP contribution in [0.4, 0.5) is 0 Å². The molecule has 1 aromatic heterocycles. The fourth-order valence-corrected chi connectivity index (χ4v) is 3.53. The summed E-state index contributed by atoms with van der Waals surface area (Å²) in [6.07, 6.45) is 5.16. The molecule has 1 aliphatic rings. The highest BCUT2D eigenvalue weighted by atomic mass is 32.1. The molecule has 1 N–H and O–H groups in total. The second-order valence-electron chi connectivity index (χ2n) is 5.99. The molecule has 0 spiro atoms. The van der Waals surface area contributed by atoms with Gasteiger partial charge in [0.15, 0.2) is 0 Å². The molecule has 2 rings (SSSR count). The zero-order valence-electron chi connectivity index (χ0n) is 10.7. The van der Waals surface area contributed by atoms with E-state index in [0.29, 0.717) is 11.0 Å². The summed E-state index contributed by atoms with van der Waals surface area (Å²) in [4.78, 5) is 0. The molecule has 2 heterocycles. The van der Waals surface area contributed by atoms with Crippen molar-refractivity contribution in [2.75, 3.05) is 6.54 Å². The Kier molecular flexibility index (Phi) is 3.41. The fraction of sp³-hybridized carbons (Fsp3) is 0.714. The van der Waals surface area contributed by atoms with Crippen molar-refractivity contribution in [1.82, 2.24) is 5.32 Å². The maximum absolute atomic E-state index is 3.78. The van der Waals surface area contributed by atoms with E-state index in [1.807, 2.05) is 11.3 Å². The van der Waals surface area contributed by atoms with Crippen molar-refractivity contribution in [2.24, 2.45) is 5.41 Å². The molecule has 16 heavy (non-hydrogen) atoms. The Morgan fingerprint density at radius 2 is 2.25 bits per heavy atom. The van der Waals surface area contributed by atoms with Gasteiger partial charge in [0.2, 0.25) is 0 Å². The van der Waals surface area contributed by atoms with Crippen LogP contribution in [0.15, 0.2) is 16.8 Å². The summed E-state index contributed by atoms with van der Waals surface area (Å²) < 4.78 is 0. The summed E-state index contributed by atoms with van der Waals surface area (Å²) in [5, 5.41) is 8.24. The lowest BCUT2D eigenvalue weighted by Crippen LogP contribution is -2.51. The summed E-state index contributed by atoms with van der Waals surface area (Å²) in [6, 6.07) is 2.26. The first-order chi connectivity index (χ1) is 7.54. The topological polar surface area (TPSA) is 12.0 Å². The van der Waals surface area contributed by atoms with Crippen LogP contribution in [-0.4, -0.2) is 12.1 Å². The number of aryl methyl sites for hydroxylation is 1. The number of rotatable bonds is 3. The van der Waals surface area contributed by atoms with Gasteiger partial charge < -0.3 is 5.32 Å². The van der Waals surface area contributed by atoms with Gasteiger partial charge in [-0.05, 0) is 60.0 Å². The quantitative estimate of drug-likeness (QED) is 0.842.